The van der Waals surface area contributed by atoms with Gasteiger partial charge in [-0.2, -0.15) is 0 Å². The number of aromatic carboxylic acids is 1. The fourth-order valence-electron chi connectivity index (χ4n) is 4.44. The number of carboxylic acid groups (broad SMARTS) is 1. The van der Waals surface area contributed by atoms with Crippen LogP contribution in [0, 0.1) is 6.92 Å². The van der Waals surface area contributed by atoms with Gasteiger partial charge in [0.25, 0.3) is 0 Å². The van der Waals surface area contributed by atoms with E-state index >= 15 is 0 Å². The molecule has 0 aromatic heterocycles. The maximum absolute atomic E-state index is 11.7. The van der Waals surface area contributed by atoms with Crippen LogP contribution in [0.15, 0.2) is 91.0 Å². The van der Waals surface area contributed by atoms with E-state index in [2.05, 4.69) is 61.5 Å². The van der Waals surface area contributed by atoms with E-state index in [0.29, 0.717) is 11.1 Å². The number of benzene rings is 4. The fraction of sp³-hybridized carbons (Fsp3) is 0.138. The Hall–Kier alpha value is -3.85. The maximum Gasteiger partial charge on any atom is 0.336 e. The first kappa shape index (κ1) is 20.1. The Labute approximate surface area is 187 Å². The molecule has 0 bridgehead atoms. The van der Waals surface area contributed by atoms with Crippen molar-refractivity contribution in [3.8, 4) is 28.0 Å². The van der Waals surface area contributed by atoms with Crippen molar-refractivity contribution in [3.05, 3.63) is 113 Å². The highest BCUT2D eigenvalue weighted by atomic mass is 16.5. The van der Waals surface area contributed by atoms with E-state index in [1.54, 1.807) is 12.1 Å². The van der Waals surface area contributed by atoms with Crippen molar-refractivity contribution in [1.82, 2.24) is 0 Å². The van der Waals surface area contributed by atoms with Gasteiger partial charge in [-0.05, 0) is 71.3 Å². The molecular formula is C29H24O3. The van der Waals surface area contributed by atoms with Crippen molar-refractivity contribution in [1.29, 1.82) is 0 Å². The van der Waals surface area contributed by atoms with Gasteiger partial charge in [0.1, 0.15) is 11.9 Å². The van der Waals surface area contributed by atoms with Crippen LogP contribution < -0.4 is 4.74 Å². The first-order valence-electron chi connectivity index (χ1n) is 10.9. The van der Waals surface area contributed by atoms with Crippen molar-refractivity contribution >= 4 is 5.97 Å². The normalized spacial score (nSPS) is 15.0. The van der Waals surface area contributed by atoms with E-state index in [1.165, 1.54) is 16.7 Å². The van der Waals surface area contributed by atoms with Crippen LogP contribution in [0.25, 0.3) is 22.3 Å². The molecule has 0 saturated carbocycles. The van der Waals surface area contributed by atoms with Crippen LogP contribution in [0.5, 0.6) is 5.75 Å². The first-order chi connectivity index (χ1) is 15.6. The monoisotopic (exact) mass is 420 g/mol. The van der Waals surface area contributed by atoms with Crippen LogP contribution in [0.2, 0.25) is 0 Å². The predicted molar refractivity (Wildman–Crippen MR) is 127 cm³/mol. The Bertz CT molecular complexity index is 1310. The first-order valence-corrected chi connectivity index (χ1v) is 10.9. The summed E-state index contributed by atoms with van der Waals surface area (Å²) in [7, 11) is 0. The lowest BCUT2D eigenvalue weighted by molar-refractivity contribution is 0.0697. The molecule has 1 aliphatic heterocycles. The summed E-state index contributed by atoms with van der Waals surface area (Å²) in [6.07, 6.45) is 1.81. The largest absolute Gasteiger partial charge is 0.485 e. The smallest absolute Gasteiger partial charge is 0.336 e. The highest BCUT2D eigenvalue weighted by Gasteiger charge is 2.23. The third-order valence-corrected chi connectivity index (χ3v) is 6.09. The molecule has 1 aliphatic rings. The van der Waals surface area contributed by atoms with Crippen molar-refractivity contribution < 1.29 is 14.6 Å². The van der Waals surface area contributed by atoms with Crippen LogP contribution >= 0.6 is 0 Å². The summed E-state index contributed by atoms with van der Waals surface area (Å²) in [5.41, 5.74) is 7.81. The topological polar surface area (TPSA) is 46.5 Å². The van der Waals surface area contributed by atoms with Crippen LogP contribution in [0.1, 0.15) is 39.6 Å². The zero-order valence-electron chi connectivity index (χ0n) is 17.9. The number of carbonyl (C=O) groups is 1. The minimum Gasteiger partial charge on any atom is -0.485 e. The molecule has 3 nitrogen and oxygen atoms in total. The molecule has 32 heavy (non-hydrogen) atoms. The second kappa shape index (κ2) is 8.35. The van der Waals surface area contributed by atoms with Crippen LogP contribution in [-0.2, 0) is 6.42 Å². The zero-order chi connectivity index (χ0) is 22.1. The van der Waals surface area contributed by atoms with Gasteiger partial charge in [0, 0.05) is 0 Å². The lowest BCUT2D eigenvalue weighted by atomic mass is 9.92. The molecule has 5 rings (SSSR count). The lowest BCUT2D eigenvalue weighted by Crippen LogP contribution is -2.15. The molecule has 0 aliphatic carbocycles. The van der Waals surface area contributed by atoms with E-state index in [-0.39, 0.29) is 6.10 Å². The summed E-state index contributed by atoms with van der Waals surface area (Å²) in [6, 6.07) is 30.2. The molecular weight excluding hydrogens is 396 g/mol. The number of ether oxygens (including phenoxy) is 1. The lowest BCUT2D eigenvalue weighted by Gasteiger charge is -2.27. The summed E-state index contributed by atoms with van der Waals surface area (Å²) < 4.78 is 6.45. The standard InChI is InChI=1S/C29H24O3/c1-19-6-4-7-21(16-19)22-8-5-9-24(17-22)27-15-14-20-12-13-23(18-28(20)32-27)25-10-2-3-11-26(25)29(30)31/h2-13,16-18,27H,14-15H2,1H3,(H,30,31). The maximum atomic E-state index is 11.7. The summed E-state index contributed by atoms with van der Waals surface area (Å²) in [4.78, 5) is 11.7. The van der Waals surface area contributed by atoms with Gasteiger partial charge in [-0.25, -0.2) is 4.79 Å². The zero-order valence-corrected chi connectivity index (χ0v) is 17.9. The molecule has 1 atom stereocenters. The van der Waals surface area contributed by atoms with Gasteiger partial charge in [-0.1, -0.05) is 78.4 Å². The van der Waals surface area contributed by atoms with E-state index in [4.69, 9.17) is 4.74 Å². The minimum absolute atomic E-state index is 0.0303. The highest BCUT2D eigenvalue weighted by molar-refractivity contribution is 5.96. The number of fused-ring (bicyclic) bond motifs is 1. The van der Waals surface area contributed by atoms with E-state index in [1.807, 2.05) is 24.3 Å². The SMILES string of the molecule is Cc1cccc(-c2cccc(C3CCc4ccc(-c5ccccc5C(=O)O)cc4O3)c2)c1. The van der Waals surface area contributed by atoms with Crippen molar-refractivity contribution in [2.24, 2.45) is 0 Å². The van der Waals surface area contributed by atoms with Crippen LogP contribution in [0.4, 0.5) is 0 Å². The van der Waals surface area contributed by atoms with Crippen LogP contribution in [-0.4, -0.2) is 11.1 Å². The third kappa shape index (κ3) is 3.90. The number of carboxylic acids is 1. The fourth-order valence-corrected chi connectivity index (χ4v) is 4.44. The van der Waals surface area contributed by atoms with Gasteiger partial charge in [0.15, 0.2) is 0 Å². The van der Waals surface area contributed by atoms with Crippen molar-refractivity contribution in [2.45, 2.75) is 25.9 Å². The number of hydrogen-bond donors (Lipinski definition) is 1. The Morgan fingerprint density at radius 3 is 2.44 bits per heavy atom. The quantitative estimate of drug-likeness (QED) is 0.383. The molecule has 3 heteroatoms. The number of hydrogen-bond acceptors (Lipinski definition) is 2. The Morgan fingerprint density at radius 2 is 1.62 bits per heavy atom. The second-order valence-corrected chi connectivity index (χ2v) is 8.31. The van der Waals surface area contributed by atoms with Crippen LogP contribution in [0.3, 0.4) is 0 Å². The third-order valence-electron chi connectivity index (χ3n) is 6.09. The molecule has 1 heterocycles. The molecule has 0 radical (unpaired) electrons. The Kier molecular flexibility index (Phi) is 5.24. The van der Waals surface area contributed by atoms with Gasteiger partial charge in [-0.15, -0.1) is 0 Å². The van der Waals surface area contributed by atoms with E-state index < -0.39 is 5.97 Å². The van der Waals surface area contributed by atoms with Gasteiger partial charge in [-0.3, -0.25) is 0 Å². The van der Waals surface area contributed by atoms with Gasteiger partial charge >= 0.3 is 5.97 Å². The van der Waals surface area contributed by atoms with Crippen molar-refractivity contribution in [3.63, 3.8) is 0 Å². The van der Waals surface area contributed by atoms with Gasteiger partial charge < -0.3 is 9.84 Å². The molecule has 0 saturated heterocycles. The summed E-state index contributed by atoms with van der Waals surface area (Å²) >= 11 is 0. The number of aryl methyl sites for hydroxylation is 2. The van der Waals surface area contributed by atoms with Gasteiger partial charge in [0.05, 0.1) is 5.56 Å². The summed E-state index contributed by atoms with van der Waals surface area (Å²) in [5, 5.41) is 9.56. The van der Waals surface area contributed by atoms with E-state index in [9.17, 15) is 9.90 Å². The second-order valence-electron chi connectivity index (χ2n) is 8.31. The average Bonchev–Trinajstić information content (AvgIpc) is 2.83. The average molecular weight is 421 g/mol. The highest BCUT2D eigenvalue weighted by Crippen LogP contribution is 2.39. The predicted octanol–water partition coefficient (Wildman–Crippen LogP) is 7.09. The molecule has 158 valence electrons. The molecule has 0 spiro atoms. The van der Waals surface area contributed by atoms with Crippen molar-refractivity contribution in [2.75, 3.05) is 0 Å². The molecule has 0 amide bonds. The Morgan fingerprint density at radius 1 is 0.844 bits per heavy atom. The molecule has 1 N–H and O–H groups in total. The molecule has 1 unspecified atom stereocenters. The minimum atomic E-state index is -0.926. The summed E-state index contributed by atoms with van der Waals surface area (Å²) in [5.74, 6) is -0.0926. The number of rotatable bonds is 4. The molecule has 4 aromatic carbocycles. The van der Waals surface area contributed by atoms with E-state index in [0.717, 1.165) is 35.3 Å². The Balaban J connectivity index is 1.46. The van der Waals surface area contributed by atoms with Gasteiger partial charge in [0.2, 0.25) is 0 Å². The molecule has 0 fully saturated rings. The molecule has 4 aromatic rings. The summed E-state index contributed by atoms with van der Waals surface area (Å²) in [6.45, 7) is 2.11.